The van der Waals surface area contributed by atoms with Gasteiger partial charge in [-0.3, -0.25) is 10.1 Å². The van der Waals surface area contributed by atoms with E-state index in [4.69, 9.17) is 5.73 Å². The Morgan fingerprint density at radius 2 is 2.00 bits per heavy atom. The van der Waals surface area contributed by atoms with Crippen molar-refractivity contribution in [1.29, 1.82) is 0 Å². The zero-order valence-electron chi connectivity index (χ0n) is 9.40. The number of hydrogen-bond acceptors (Lipinski definition) is 4. The van der Waals surface area contributed by atoms with Crippen LogP contribution in [0.15, 0.2) is 0 Å². The third-order valence-electron chi connectivity index (χ3n) is 2.83. The lowest BCUT2D eigenvalue weighted by atomic mass is 9.92. The predicted octanol–water partition coefficient (Wildman–Crippen LogP) is -0.537. The molecule has 92 valence electrons. The maximum atomic E-state index is 11.4. The van der Waals surface area contributed by atoms with Crippen molar-refractivity contribution in [3.63, 3.8) is 0 Å². The van der Waals surface area contributed by atoms with Crippen LogP contribution >= 0.6 is 0 Å². The summed E-state index contributed by atoms with van der Waals surface area (Å²) >= 11 is 0. The molecular formula is C10H19N3O3. The van der Waals surface area contributed by atoms with Crippen LogP contribution in [-0.4, -0.2) is 35.2 Å². The molecule has 16 heavy (non-hydrogen) atoms. The number of nitrogens with two attached hydrogens (primary N) is 1. The number of aliphatic hydroxyl groups excluding tert-OH is 1. The van der Waals surface area contributed by atoms with Crippen LogP contribution in [0.2, 0.25) is 0 Å². The number of carbonyl (C=O) groups is 2. The largest absolute Gasteiger partial charge is 0.392 e. The fourth-order valence-electron chi connectivity index (χ4n) is 1.93. The van der Waals surface area contributed by atoms with E-state index in [0.717, 1.165) is 25.7 Å². The molecule has 0 aromatic heterocycles. The molecule has 1 fully saturated rings. The summed E-state index contributed by atoms with van der Waals surface area (Å²) in [7, 11) is 0. The molecule has 1 aliphatic rings. The van der Waals surface area contributed by atoms with Crippen molar-refractivity contribution in [2.45, 2.75) is 50.8 Å². The van der Waals surface area contributed by atoms with E-state index >= 15 is 0 Å². The minimum Gasteiger partial charge on any atom is -0.392 e. The first-order valence-electron chi connectivity index (χ1n) is 5.55. The maximum absolute atomic E-state index is 11.4. The molecule has 0 bridgehead atoms. The summed E-state index contributed by atoms with van der Waals surface area (Å²) in [5, 5.41) is 14.7. The van der Waals surface area contributed by atoms with Gasteiger partial charge in [0.15, 0.2) is 0 Å². The van der Waals surface area contributed by atoms with Crippen molar-refractivity contribution in [2.24, 2.45) is 5.73 Å². The van der Waals surface area contributed by atoms with E-state index < -0.39 is 24.1 Å². The number of urea groups is 1. The van der Waals surface area contributed by atoms with Gasteiger partial charge in [-0.1, -0.05) is 12.8 Å². The highest BCUT2D eigenvalue weighted by Crippen LogP contribution is 2.18. The third-order valence-corrected chi connectivity index (χ3v) is 2.83. The van der Waals surface area contributed by atoms with Gasteiger partial charge in [-0.05, 0) is 19.8 Å². The molecule has 3 unspecified atom stereocenters. The van der Waals surface area contributed by atoms with Crippen LogP contribution in [0.25, 0.3) is 0 Å². The van der Waals surface area contributed by atoms with Gasteiger partial charge in [0.2, 0.25) is 5.91 Å². The van der Waals surface area contributed by atoms with Crippen LogP contribution in [0.3, 0.4) is 0 Å². The molecule has 0 radical (unpaired) electrons. The Kier molecular flexibility index (Phi) is 4.70. The average molecular weight is 229 g/mol. The molecule has 3 atom stereocenters. The molecule has 1 aliphatic carbocycles. The molecule has 0 heterocycles. The van der Waals surface area contributed by atoms with E-state index in [1.807, 2.05) is 5.32 Å². The first-order valence-corrected chi connectivity index (χ1v) is 5.55. The van der Waals surface area contributed by atoms with Crippen LogP contribution in [0.1, 0.15) is 32.6 Å². The molecule has 6 nitrogen and oxygen atoms in total. The second kappa shape index (κ2) is 5.81. The third kappa shape index (κ3) is 3.79. The highest BCUT2D eigenvalue weighted by Gasteiger charge is 2.26. The Balaban J connectivity index is 2.40. The Morgan fingerprint density at radius 3 is 2.56 bits per heavy atom. The summed E-state index contributed by atoms with van der Waals surface area (Å²) in [4.78, 5) is 21.9. The van der Waals surface area contributed by atoms with Gasteiger partial charge in [0, 0.05) is 6.04 Å². The lowest BCUT2D eigenvalue weighted by molar-refractivity contribution is -0.122. The molecule has 1 saturated carbocycles. The van der Waals surface area contributed by atoms with Gasteiger partial charge >= 0.3 is 6.03 Å². The summed E-state index contributed by atoms with van der Waals surface area (Å²) in [6, 6.07) is -1.48. The van der Waals surface area contributed by atoms with Gasteiger partial charge in [-0.2, -0.15) is 0 Å². The second-order valence-electron chi connectivity index (χ2n) is 4.20. The number of imide groups is 1. The van der Waals surface area contributed by atoms with Crippen molar-refractivity contribution in [1.82, 2.24) is 10.6 Å². The number of hydrogen-bond donors (Lipinski definition) is 4. The number of primary amides is 1. The van der Waals surface area contributed by atoms with E-state index in [1.54, 1.807) is 6.92 Å². The quantitative estimate of drug-likeness (QED) is 0.522. The maximum Gasteiger partial charge on any atom is 0.318 e. The van der Waals surface area contributed by atoms with E-state index in [-0.39, 0.29) is 6.04 Å². The summed E-state index contributed by atoms with van der Waals surface area (Å²) in [5.41, 5.74) is 4.84. The fourth-order valence-corrected chi connectivity index (χ4v) is 1.93. The highest BCUT2D eigenvalue weighted by atomic mass is 16.3. The average Bonchev–Trinajstić information content (AvgIpc) is 2.20. The Morgan fingerprint density at radius 1 is 1.38 bits per heavy atom. The summed E-state index contributed by atoms with van der Waals surface area (Å²) in [6.45, 7) is 1.64. The molecule has 1 rings (SSSR count). The number of aliphatic hydroxyl groups is 1. The lowest BCUT2D eigenvalue weighted by Crippen LogP contribution is -2.53. The van der Waals surface area contributed by atoms with Gasteiger partial charge in [0.1, 0.15) is 0 Å². The van der Waals surface area contributed by atoms with E-state index in [2.05, 4.69) is 5.32 Å². The van der Waals surface area contributed by atoms with Crippen LogP contribution in [0, 0.1) is 0 Å². The van der Waals surface area contributed by atoms with Crippen molar-refractivity contribution in [3.05, 3.63) is 0 Å². The molecule has 0 saturated heterocycles. The Hall–Kier alpha value is -1.14. The summed E-state index contributed by atoms with van der Waals surface area (Å²) in [5.74, 6) is -0.467. The molecular weight excluding hydrogens is 210 g/mol. The summed E-state index contributed by atoms with van der Waals surface area (Å²) < 4.78 is 0. The molecule has 0 aromatic rings. The van der Waals surface area contributed by atoms with Crippen molar-refractivity contribution in [3.8, 4) is 0 Å². The first-order chi connectivity index (χ1) is 7.50. The zero-order valence-corrected chi connectivity index (χ0v) is 9.40. The van der Waals surface area contributed by atoms with Gasteiger partial charge in [0.25, 0.3) is 0 Å². The van der Waals surface area contributed by atoms with Crippen molar-refractivity contribution < 1.29 is 14.7 Å². The normalized spacial score (nSPS) is 27.1. The molecule has 0 aliphatic heterocycles. The summed E-state index contributed by atoms with van der Waals surface area (Å²) in [6.07, 6.45) is 3.23. The minimum absolute atomic E-state index is 0.0811. The van der Waals surface area contributed by atoms with Gasteiger partial charge in [0.05, 0.1) is 12.1 Å². The Labute approximate surface area is 94.6 Å². The van der Waals surface area contributed by atoms with E-state index in [0.29, 0.717) is 0 Å². The minimum atomic E-state index is -0.858. The number of amides is 3. The van der Waals surface area contributed by atoms with Gasteiger partial charge < -0.3 is 16.2 Å². The Bertz CT molecular complexity index is 270. The lowest BCUT2D eigenvalue weighted by Gasteiger charge is -2.30. The monoisotopic (exact) mass is 229 g/mol. The topological polar surface area (TPSA) is 104 Å². The second-order valence-corrected chi connectivity index (χ2v) is 4.20. The zero-order chi connectivity index (χ0) is 12.1. The number of rotatable bonds is 3. The van der Waals surface area contributed by atoms with E-state index in [9.17, 15) is 14.7 Å². The molecule has 6 heteroatoms. The standard InChI is InChI=1S/C10H19N3O3/c1-6(9(15)13-10(11)16)12-7-4-2-3-5-8(7)14/h6-8,12,14H,2-5H2,1H3,(H3,11,13,15,16). The highest BCUT2D eigenvalue weighted by molar-refractivity contribution is 5.96. The van der Waals surface area contributed by atoms with Gasteiger partial charge in [-0.25, -0.2) is 4.79 Å². The van der Waals surface area contributed by atoms with Crippen molar-refractivity contribution in [2.75, 3.05) is 0 Å². The van der Waals surface area contributed by atoms with Crippen LogP contribution < -0.4 is 16.4 Å². The number of nitrogens with one attached hydrogen (secondary N) is 2. The van der Waals surface area contributed by atoms with Crippen LogP contribution in [-0.2, 0) is 4.79 Å². The molecule has 0 spiro atoms. The molecule has 0 aromatic carbocycles. The molecule has 3 amide bonds. The predicted molar refractivity (Wildman–Crippen MR) is 58.6 cm³/mol. The first kappa shape index (κ1) is 12.9. The van der Waals surface area contributed by atoms with E-state index in [1.165, 1.54) is 0 Å². The fraction of sp³-hybridized carbons (Fsp3) is 0.800. The van der Waals surface area contributed by atoms with Crippen LogP contribution in [0.4, 0.5) is 4.79 Å². The number of carbonyl (C=O) groups excluding carboxylic acids is 2. The SMILES string of the molecule is CC(NC1CCCCC1O)C(=O)NC(N)=O. The van der Waals surface area contributed by atoms with Crippen molar-refractivity contribution >= 4 is 11.9 Å². The smallest absolute Gasteiger partial charge is 0.318 e. The van der Waals surface area contributed by atoms with Gasteiger partial charge in [-0.15, -0.1) is 0 Å². The molecule has 5 N–H and O–H groups in total. The van der Waals surface area contributed by atoms with Crippen LogP contribution in [0.5, 0.6) is 0 Å².